The standard InChI is InChI=1S/C21H28N4O2S/c1-23-20(24-15-12-17-8-10-19(11-9-17)28(22,26)27)25-16-21(13-5-14-21)18-6-3-2-4-7-18/h2-4,6-11H,5,12-16H2,1H3,(H2,22,26,27)(H2,23,24,25). The first-order valence-electron chi connectivity index (χ1n) is 9.55. The number of primary sulfonamides is 1. The number of hydrogen-bond acceptors (Lipinski definition) is 3. The van der Waals surface area contributed by atoms with Crippen molar-refractivity contribution < 1.29 is 8.42 Å². The van der Waals surface area contributed by atoms with Gasteiger partial charge in [-0.25, -0.2) is 13.6 Å². The fraction of sp³-hybridized carbons (Fsp3) is 0.381. The highest BCUT2D eigenvalue weighted by Crippen LogP contribution is 2.43. The van der Waals surface area contributed by atoms with Gasteiger partial charge in [-0.15, -0.1) is 0 Å². The highest BCUT2D eigenvalue weighted by atomic mass is 32.2. The monoisotopic (exact) mass is 400 g/mol. The second kappa shape index (κ2) is 8.75. The number of nitrogens with zero attached hydrogens (tertiary/aromatic N) is 1. The lowest BCUT2D eigenvalue weighted by molar-refractivity contribution is 0.244. The molecule has 0 spiro atoms. The van der Waals surface area contributed by atoms with Gasteiger partial charge in [-0.05, 0) is 42.5 Å². The highest BCUT2D eigenvalue weighted by molar-refractivity contribution is 7.89. The number of sulfonamides is 1. The van der Waals surface area contributed by atoms with Crippen molar-refractivity contribution in [2.75, 3.05) is 20.1 Å². The zero-order valence-electron chi connectivity index (χ0n) is 16.2. The first-order valence-corrected chi connectivity index (χ1v) is 11.1. The number of nitrogens with two attached hydrogens (primary N) is 1. The molecule has 150 valence electrons. The molecule has 7 heteroatoms. The minimum atomic E-state index is -3.64. The van der Waals surface area contributed by atoms with Crippen LogP contribution >= 0.6 is 0 Å². The molecule has 0 aromatic heterocycles. The van der Waals surface area contributed by atoms with E-state index in [1.165, 1.54) is 37.0 Å². The summed E-state index contributed by atoms with van der Waals surface area (Å²) in [4.78, 5) is 4.45. The Bertz CT molecular complexity index is 905. The molecule has 1 fully saturated rings. The first-order chi connectivity index (χ1) is 13.4. The van der Waals surface area contributed by atoms with E-state index in [9.17, 15) is 8.42 Å². The Labute approximate surface area is 167 Å². The molecule has 0 saturated heterocycles. The van der Waals surface area contributed by atoms with Crippen molar-refractivity contribution in [2.24, 2.45) is 10.1 Å². The maximum Gasteiger partial charge on any atom is 0.238 e. The average Bonchev–Trinajstić information content (AvgIpc) is 2.66. The Kier molecular flexibility index (Phi) is 6.36. The van der Waals surface area contributed by atoms with Gasteiger partial charge in [0.15, 0.2) is 5.96 Å². The lowest BCUT2D eigenvalue weighted by Gasteiger charge is -2.43. The zero-order chi connectivity index (χ0) is 20.0. The van der Waals surface area contributed by atoms with Crippen LogP contribution in [-0.2, 0) is 21.9 Å². The van der Waals surface area contributed by atoms with Crippen LogP contribution in [0.5, 0.6) is 0 Å². The molecule has 0 unspecified atom stereocenters. The summed E-state index contributed by atoms with van der Waals surface area (Å²) in [6.45, 7) is 1.56. The van der Waals surface area contributed by atoms with Gasteiger partial charge in [0.05, 0.1) is 4.90 Å². The molecule has 0 heterocycles. The van der Waals surface area contributed by atoms with Gasteiger partial charge in [0.1, 0.15) is 0 Å². The summed E-state index contributed by atoms with van der Waals surface area (Å²) in [6, 6.07) is 17.3. The van der Waals surface area contributed by atoms with E-state index in [2.05, 4.69) is 46.0 Å². The number of hydrogen-bond donors (Lipinski definition) is 3. The maximum absolute atomic E-state index is 11.3. The lowest BCUT2D eigenvalue weighted by atomic mass is 9.64. The van der Waals surface area contributed by atoms with E-state index in [4.69, 9.17) is 5.14 Å². The van der Waals surface area contributed by atoms with Gasteiger partial charge in [-0.1, -0.05) is 48.9 Å². The Morgan fingerprint density at radius 2 is 1.75 bits per heavy atom. The third kappa shape index (κ3) is 4.91. The van der Waals surface area contributed by atoms with Crippen LogP contribution in [0.15, 0.2) is 64.5 Å². The van der Waals surface area contributed by atoms with Crippen LogP contribution in [0.1, 0.15) is 30.4 Å². The van der Waals surface area contributed by atoms with Crippen LogP contribution in [0, 0.1) is 0 Å². The van der Waals surface area contributed by atoms with Crippen molar-refractivity contribution in [1.29, 1.82) is 0 Å². The van der Waals surface area contributed by atoms with E-state index in [0.717, 1.165) is 24.5 Å². The predicted molar refractivity (Wildman–Crippen MR) is 113 cm³/mol. The van der Waals surface area contributed by atoms with Gasteiger partial charge in [-0.2, -0.15) is 0 Å². The van der Waals surface area contributed by atoms with Crippen LogP contribution in [-0.4, -0.2) is 34.5 Å². The van der Waals surface area contributed by atoms with Crippen molar-refractivity contribution >= 4 is 16.0 Å². The summed E-state index contributed by atoms with van der Waals surface area (Å²) in [5, 5.41) is 11.9. The molecular weight excluding hydrogens is 372 g/mol. The van der Waals surface area contributed by atoms with E-state index < -0.39 is 10.0 Å². The lowest BCUT2D eigenvalue weighted by Crippen LogP contribution is -2.49. The van der Waals surface area contributed by atoms with E-state index in [1.54, 1.807) is 19.2 Å². The number of nitrogens with one attached hydrogen (secondary N) is 2. The first kappa shape index (κ1) is 20.4. The van der Waals surface area contributed by atoms with Gasteiger partial charge < -0.3 is 10.6 Å². The van der Waals surface area contributed by atoms with Crippen LogP contribution < -0.4 is 15.8 Å². The minimum Gasteiger partial charge on any atom is -0.356 e. The number of benzene rings is 2. The zero-order valence-corrected chi connectivity index (χ0v) is 17.0. The smallest absolute Gasteiger partial charge is 0.238 e. The fourth-order valence-corrected chi connectivity index (χ4v) is 4.12. The molecule has 28 heavy (non-hydrogen) atoms. The Hall–Kier alpha value is -2.38. The third-order valence-corrected chi connectivity index (χ3v) is 6.40. The molecule has 4 N–H and O–H groups in total. The van der Waals surface area contributed by atoms with Crippen molar-refractivity contribution in [2.45, 2.75) is 36.0 Å². The molecule has 0 aliphatic heterocycles. The van der Waals surface area contributed by atoms with Crippen molar-refractivity contribution in [3.63, 3.8) is 0 Å². The topological polar surface area (TPSA) is 96.6 Å². The molecule has 2 aromatic rings. The summed E-state index contributed by atoms with van der Waals surface area (Å²) in [5.41, 5.74) is 2.62. The largest absolute Gasteiger partial charge is 0.356 e. The molecule has 2 aromatic carbocycles. The molecule has 1 aliphatic carbocycles. The van der Waals surface area contributed by atoms with Crippen molar-refractivity contribution in [3.8, 4) is 0 Å². The number of guanidine groups is 1. The Morgan fingerprint density at radius 1 is 1.07 bits per heavy atom. The van der Waals surface area contributed by atoms with E-state index >= 15 is 0 Å². The SMILES string of the molecule is CN=C(NCCc1ccc(S(N)(=O)=O)cc1)NCC1(c2ccccc2)CCC1. The molecule has 1 aliphatic rings. The molecule has 0 radical (unpaired) electrons. The fourth-order valence-electron chi connectivity index (χ4n) is 3.61. The molecule has 6 nitrogen and oxygen atoms in total. The molecule has 0 amide bonds. The third-order valence-electron chi connectivity index (χ3n) is 5.47. The summed E-state index contributed by atoms with van der Waals surface area (Å²) in [5.74, 6) is 0.781. The average molecular weight is 401 g/mol. The van der Waals surface area contributed by atoms with E-state index in [-0.39, 0.29) is 10.3 Å². The van der Waals surface area contributed by atoms with Gasteiger partial charge in [0.2, 0.25) is 10.0 Å². The second-order valence-electron chi connectivity index (χ2n) is 7.29. The van der Waals surface area contributed by atoms with Gasteiger partial charge in [0, 0.05) is 25.6 Å². The van der Waals surface area contributed by atoms with E-state index in [1.807, 2.05) is 0 Å². The van der Waals surface area contributed by atoms with Crippen LogP contribution in [0.25, 0.3) is 0 Å². The van der Waals surface area contributed by atoms with Crippen LogP contribution in [0.2, 0.25) is 0 Å². The number of rotatable bonds is 7. The van der Waals surface area contributed by atoms with Crippen LogP contribution in [0.4, 0.5) is 0 Å². The summed E-state index contributed by atoms with van der Waals surface area (Å²) >= 11 is 0. The van der Waals surface area contributed by atoms with Gasteiger partial charge in [0.25, 0.3) is 0 Å². The molecule has 0 atom stereocenters. The quantitative estimate of drug-likeness (QED) is 0.490. The number of aliphatic imine (C=N–C) groups is 1. The highest BCUT2D eigenvalue weighted by Gasteiger charge is 2.38. The van der Waals surface area contributed by atoms with Crippen molar-refractivity contribution in [3.05, 3.63) is 65.7 Å². The van der Waals surface area contributed by atoms with Crippen molar-refractivity contribution in [1.82, 2.24) is 10.6 Å². The van der Waals surface area contributed by atoms with Crippen LogP contribution in [0.3, 0.4) is 0 Å². The van der Waals surface area contributed by atoms with Gasteiger partial charge in [-0.3, -0.25) is 4.99 Å². The summed E-state index contributed by atoms with van der Waals surface area (Å²) < 4.78 is 22.6. The van der Waals surface area contributed by atoms with Gasteiger partial charge >= 0.3 is 0 Å². The predicted octanol–water partition coefficient (Wildman–Crippen LogP) is 2.16. The molecule has 0 bridgehead atoms. The summed E-state index contributed by atoms with van der Waals surface area (Å²) in [7, 11) is -1.87. The Morgan fingerprint density at radius 3 is 2.29 bits per heavy atom. The molecule has 3 rings (SSSR count). The maximum atomic E-state index is 11.3. The summed E-state index contributed by atoms with van der Waals surface area (Å²) in [6.07, 6.45) is 4.40. The molecular formula is C21H28N4O2S. The normalized spacial score (nSPS) is 16.3. The van der Waals surface area contributed by atoms with E-state index in [0.29, 0.717) is 6.54 Å². The second-order valence-corrected chi connectivity index (χ2v) is 8.85. The minimum absolute atomic E-state index is 0.133. The molecule has 1 saturated carbocycles. The Balaban J connectivity index is 1.50.